The lowest BCUT2D eigenvalue weighted by Gasteiger charge is -2.43. The second kappa shape index (κ2) is 17.0. The molecule has 0 bridgehead atoms. The third-order valence-electron chi connectivity index (χ3n) is 10.4. The molecule has 11 heteroatoms. The van der Waals surface area contributed by atoms with Gasteiger partial charge in [-0.1, -0.05) is 129 Å². The Bertz CT molecular complexity index is 2080. The molecule has 3 heterocycles. The van der Waals surface area contributed by atoms with Gasteiger partial charge in [0.1, 0.15) is 11.4 Å². The summed E-state index contributed by atoms with van der Waals surface area (Å²) in [5, 5.41) is 5.32. The topological polar surface area (TPSA) is 96.0 Å². The number of carbonyl (C=O) groups is 1. The van der Waals surface area contributed by atoms with Crippen LogP contribution in [0, 0.1) is 0 Å². The first-order valence-corrected chi connectivity index (χ1v) is 22.9. The fourth-order valence-corrected chi connectivity index (χ4v) is 14.3. The van der Waals surface area contributed by atoms with Gasteiger partial charge in [-0.25, -0.2) is 4.98 Å². The number of amides is 1. The van der Waals surface area contributed by atoms with E-state index >= 15 is 0 Å². The molecule has 2 aliphatic heterocycles. The molecule has 0 aliphatic carbocycles. The number of rotatable bonds is 14. The second-order valence-corrected chi connectivity index (χ2v) is 21.8. The molecule has 1 amide bonds. The summed E-state index contributed by atoms with van der Waals surface area (Å²) in [7, 11) is -2.82. The van der Waals surface area contributed by atoms with Crippen LogP contribution in [0.2, 0.25) is 5.04 Å². The van der Waals surface area contributed by atoms with Crippen molar-refractivity contribution in [3.05, 3.63) is 136 Å². The highest BCUT2D eigenvalue weighted by Crippen LogP contribution is 2.45. The normalized spacial score (nSPS) is 15.9. The van der Waals surface area contributed by atoms with Crippen LogP contribution >= 0.6 is 15.9 Å². The van der Waals surface area contributed by atoms with Crippen molar-refractivity contribution in [1.82, 2.24) is 14.6 Å². The van der Waals surface area contributed by atoms with Gasteiger partial charge in [-0.15, -0.1) is 4.31 Å². The van der Waals surface area contributed by atoms with Gasteiger partial charge in [-0.2, -0.15) is 0 Å². The van der Waals surface area contributed by atoms with E-state index in [1.807, 2.05) is 48.5 Å². The van der Waals surface area contributed by atoms with Crippen LogP contribution in [-0.2, 0) is 28.9 Å². The number of nitrogens with one attached hydrogen (secondary N) is 1. The molecule has 0 radical (unpaired) electrons. The van der Waals surface area contributed by atoms with Gasteiger partial charge in [0.25, 0.3) is 14.2 Å². The van der Waals surface area contributed by atoms with Gasteiger partial charge in [0.05, 0.1) is 18.3 Å². The Labute approximate surface area is 337 Å². The number of hydrogen-bond acceptors (Lipinski definition) is 7. The quantitative estimate of drug-likeness (QED) is 0.0887. The SMILES string of the molecule is CCCC[S+]([O-])N1Cc2cc(C(=O)NCc3ccc4c(c3)OCO4)nc(-c3cccc(Br)c3)c2[C@H]1CCO[Si](c1ccccc1)(c1ccccc1)C(C)(C)C. The number of hydrogen-bond donors (Lipinski definition) is 1. The molecule has 4 aromatic carbocycles. The molecular formula is C44H48BrN3O5SSi. The minimum absolute atomic E-state index is 0.182. The molecule has 1 unspecified atom stereocenters. The molecular weight excluding hydrogens is 791 g/mol. The van der Waals surface area contributed by atoms with Crippen molar-refractivity contribution < 1.29 is 23.2 Å². The maximum atomic E-state index is 14.2. The van der Waals surface area contributed by atoms with Crippen LogP contribution in [0.1, 0.15) is 80.2 Å². The summed E-state index contributed by atoms with van der Waals surface area (Å²) in [6, 6.07) is 36.6. The average Bonchev–Trinajstić information content (AvgIpc) is 3.82. The highest BCUT2D eigenvalue weighted by atomic mass is 79.9. The Morgan fingerprint density at radius 1 is 0.964 bits per heavy atom. The molecule has 1 aromatic heterocycles. The number of fused-ring (bicyclic) bond motifs is 2. The number of ether oxygens (including phenoxy) is 2. The van der Waals surface area contributed by atoms with E-state index in [1.54, 1.807) is 0 Å². The fourth-order valence-electron chi connectivity index (χ4n) is 7.80. The standard InChI is InChI=1S/C44H48BrN3O5SSi/c1-5-6-24-54(50)48-29-33-27-37(43(49)46-28-31-20-21-39-40(25-31)52-30-51-39)47-42(32-14-13-15-34(45)26-32)41(33)38(48)22-23-53-55(44(2,3)4,35-16-9-7-10-17-35)36-18-11-8-12-19-36/h7-21,25-27,38H,5-6,22-24,28-30H2,1-4H3,(H,46,49)/t38-,54?/m1/s1. The van der Waals surface area contributed by atoms with E-state index in [0.29, 0.717) is 49.1 Å². The van der Waals surface area contributed by atoms with E-state index in [-0.39, 0.29) is 23.8 Å². The van der Waals surface area contributed by atoms with Gasteiger partial charge in [-0.05, 0) is 69.7 Å². The Morgan fingerprint density at radius 2 is 1.67 bits per heavy atom. The minimum Gasteiger partial charge on any atom is -0.598 e. The smallest absolute Gasteiger partial charge is 0.270 e. The summed E-state index contributed by atoms with van der Waals surface area (Å²) >= 11 is 2.41. The third kappa shape index (κ3) is 8.28. The van der Waals surface area contributed by atoms with Gasteiger partial charge in [0.2, 0.25) is 6.79 Å². The van der Waals surface area contributed by atoms with Crippen LogP contribution < -0.4 is 25.2 Å². The number of nitrogens with zero attached hydrogens (tertiary/aromatic N) is 2. The lowest BCUT2D eigenvalue weighted by molar-refractivity contribution is 0.0945. The van der Waals surface area contributed by atoms with Crippen LogP contribution in [0.3, 0.4) is 0 Å². The lowest BCUT2D eigenvalue weighted by Crippen LogP contribution is -2.66. The maximum absolute atomic E-state index is 14.2. The predicted octanol–water partition coefficient (Wildman–Crippen LogP) is 8.46. The lowest BCUT2D eigenvalue weighted by atomic mass is 9.96. The van der Waals surface area contributed by atoms with Gasteiger partial charge in [0.15, 0.2) is 11.5 Å². The minimum atomic E-state index is -2.82. The van der Waals surface area contributed by atoms with Crippen molar-refractivity contribution in [2.75, 3.05) is 19.2 Å². The summed E-state index contributed by atoms with van der Waals surface area (Å²) in [6.07, 6.45) is 2.41. The number of unbranched alkanes of at least 4 members (excludes halogenated alkanes) is 1. The first-order chi connectivity index (χ1) is 26.6. The van der Waals surface area contributed by atoms with E-state index in [9.17, 15) is 9.35 Å². The maximum Gasteiger partial charge on any atom is 0.270 e. The number of halogens is 1. The van der Waals surface area contributed by atoms with E-state index in [1.165, 1.54) is 10.4 Å². The van der Waals surface area contributed by atoms with Crippen molar-refractivity contribution in [3.8, 4) is 22.8 Å². The predicted molar refractivity (Wildman–Crippen MR) is 225 cm³/mol. The van der Waals surface area contributed by atoms with E-state index in [0.717, 1.165) is 45.3 Å². The summed E-state index contributed by atoms with van der Waals surface area (Å²) in [5.41, 5.74) is 4.77. The monoisotopic (exact) mass is 837 g/mol. The van der Waals surface area contributed by atoms with Gasteiger partial charge in [-0.3, -0.25) is 4.79 Å². The molecule has 286 valence electrons. The van der Waals surface area contributed by atoms with E-state index in [4.69, 9.17) is 18.9 Å². The molecule has 55 heavy (non-hydrogen) atoms. The molecule has 5 aromatic rings. The van der Waals surface area contributed by atoms with Crippen molar-refractivity contribution in [3.63, 3.8) is 0 Å². The van der Waals surface area contributed by atoms with Crippen LogP contribution in [0.15, 0.2) is 114 Å². The van der Waals surface area contributed by atoms with Crippen LogP contribution in [0.25, 0.3) is 11.3 Å². The summed E-state index contributed by atoms with van der Waals surface area (Å²) < 4.78 is 35.6. The molecule has 1 N–H and O–H groups in total. The van der Waals surface area contributed by atoms with Crippen molar-refractivity contribution >= 4 is 51.9 Å². The third-order valence-corrected chi connectivity index (χ3v) is 17.5. The van der Waals surface area contributed by atoms with E-state index in [2.05, 4.69) is 114 Å². The Morgan fingerprint density at radius 3 is 2.35 bits per heavy atom. The first kappa shape index (κ1) is 39.3. The van der Waals surface area contributed by atoms with Crippen LogP contribution in [-0.4, -0.2) is 47.2 Å². The number of carbonyl (C=O) groups excluding carboxylic acids is 1. The zero-order chi connectivity index (χ0) is 38.6. The number of aromatic nitrogens is 1. The first-order valence-electron chi connectivity index (χ1n) is 19.0. The van der Waals surface area contributed by atoms with Gasteiger partial charge < -0.3 is 23.8 Å². The highest BCUT2D eigenvalue weighted by Gasteiger charge is 2.50. The molecule has 0 saturated heterocycles. The Kier molecular flexibility index (Phi) is 12.2. The summed E-state index contributed by atoms with van der Waals surface area (Å²) in [5.74, 6) is 1.65. The van der Waals surface area contributed by atoms with E-state index < -0.39 is 19.7 Å². The highest BCUT2D eigenvalue weighted by molar-refractivity contribution is 9.10. The molecule has 0 spiro atoms. The number of benzene rings is 4. The van der Waals surface area contributed by atoms with Gasteiger partial charge in [0, 0.05) is 40.1 Å². The summed E-state index contributed by atoms with van der Waals surface area (Å²) in [4.78, 5) is 18.9. The molecule has 8 nitrogen and oxygen atoms in total. The molecule has 2 aliphatic rings. The fraction of sp³-hybridized carbons (Fsp3) is 0.318. The summed E-state index contributed by atoms with van der Waals surface area (Å²) in [6.45, 7) is 10.4. The molecule has 0 saturated carbocycles. The molecule has 0 fully saturated rings. The molecule has 2 atom stereocenters. The van der Waals surface area contributed by atoms with Crippen LogP contribution in [0.4, 0.5) is 0 Å². The Balaban J connectivity index is 1.25. The van der Waals surface area contributed by atoms with Crippen LogP contribution in [0.5, 0.6) is 11.5 Å². The van der Waals surface area contributed by atoms with Crippen molar-refractivity contribution in [2.24, 2.45) is 0 Å². The van der Waals surface area contributed by atoms with Gasteiger partial charge >= 0.3 is 0 Å². The van der Waals surface area contributed by atoms with Crippen molar-refractivity contribution in [1.29, 1.82) is 0 Å². The zero-order valence-electron chi connectivity index (χ0n) is 31.8. The largest absolute Gasteiger partial charge is 0.598 e. The number of pyridine rings is 1. The molecule has 7 rings (SSSR count). The van der Waals surface area contributed by atoms with Crippen molar-refractivity contribution in [2.45, 2.75) is 71.1 Å². The average molecular weight is 839 g/mol. The Hall–Kier alpha value is -3.97. The zero-order valence-corrected chi connectivity index (χ0v) is 35.3. The second-order valence-electron chi connectivity index (χ2n) is 15.1.